The molecule has 6 nitrogen and oxygen atoms in total. The summed E-state index contributed by atoms with van der Waals surface area (Å²) in [4.78, 5) is 35.7. The number of carbonyl (C=O) groups excluding carboxylic acids is 3. The smallest absolute Gasteiger partial charge is 0.306 e. The summed E-state index contributed by atoms with van der Waals surface area (Å²) < 4.78 is 16.1. The largest absolute Gasteiger partial charge is 0.465 e. The molecule has 0 aliphatic heterocycles. The van der Waals surface area contributed by atoms with Crippen molar-refractivity contribution in [1.29, 1.82) is 0 Å². The lowest BCUT2D eigenvalue weighted by molar-refractivity contribution is -0.162. The van der Waals surface area contributed by atoms with Crippen molar-refractivity contribution in [2.75, 3.05) is 19.8 Å². The van der Waals surface area contributed by atoms with Gasteiger partial charge in [-0.15, -0.1) is 0 Å². The summed E-state index contributed by atoms with van der Waals surface area (Å²) in [6, 6.07) is 0. The average Bonchev–Trinajstić information content (AvgIpc) is 2.52. The molecule has 0 aromatic rings. The first kappa shape index (κ1) is 26.1. The van der Waals surface area contributed by atoms with E-state index in [1.807, 2.05) is 20.8 Å². The summed E-state index contributed by atoms with van der Waals surface area (Å²) in [5.41, 5.74) is -0.780. The van der Waals surface area contributed by atoms with E-state index in [9.17, 15) is 14.4 Å². The van der Waals surface area contributed by atoms with Crippen molar-refractivity contribution in [3.8, 4) is 0 Å². The molecule has 2 unspecified atom stereocenters. The van der Waals surface area contributed by atoms with Crippen molar-refractivity contribution < 1.29 is 28.6 Å². The first-order chi connectivity index (χ1) is 12.5. The van der Waals surface area contributed by atoms with Crippen LogP contribution in [-0.4, -0.2) is 48.2 Å². The van der Waals surface area contributed by atoms with E-state index >= 15 is 0 Å². The summed E-state index contributed by atoms with van der Waals surface area (Å²) in [5, 5.41) is -0.237. The number of hydrogen-bond acceptors (Lipinski definition) is 8. The van der Waals surface area contributed by atoms with Crippen molar-refractivity contribution in [3.63, 3.8) is 0 Å². The van der Waals surface area contributed by atoms with Gasteiger partial charge in [0.1, 0.15) is 19.8 Å². The SMILES string of the molecule is CCC(COC(=O)CC(C)C)(COC(=O)CC(C)S)COC(=O)CC(C)S. The van der Waals surface area contributed by atoms with Crippen LogP contribution in [0.3, 0.4) is 0 Å². The third kappa shape index (κ3) is 13.0. The molecule has 0 spiro atoms. The fraction of sp³-hybridized carbons (Fsp3) is 0.842. The normalized spacial score (nSPS) is 15.6. The minimum atomic E-state index is -0.780. The predicted octanol–water partition coefficient (Wildman–Crippen LogP) is 3.48. The highest BCUT2D eigenvalue weighted by atomic mass is 32.1. The van der Waals surface area contributed by atoms with Crippen molar-refractivity contribution in [2.24, 2.45) is 11.3 Å². The van der Waals surface area contributed by atoms with Gasteiger partial charge in [0.05, 0.1) is 18.3 Å². The van der Waals surface area contributed by atoms with Crippen molar-refractivity contribution >= 4 is 43.2 Å². The zero-order valence-corrected chi connectivity index (χ0v) is 18.8. The Morgan fingerprint density at radius 3 is 1.33 bits per heavy atom. The van der Waals surface area contributed by atoms with Crippen molar-refractivity contribution in [3.05, 3.63) is 0 Å². The molecule has 0 radical (unpaired) electrons. The highest BCUT2D eigenvalue weighted by molar-refractivity contribution is 7.81. The minimum absolute atomic E-state index is 0.00149. The Hall–Kier alpha value is -0.890. The number of ether oxygens (including phenoxy) is 3. The topological polar surface area (TPSA) is 78.9 Å². The number of rotatable bonds is 13. The van der Waals surface area contributed by atoms with Gasteiger partial charge in [0.2, 0.25) is 0 Å². The number of esters is 3. The highest BCUT2D eigenvalue weighted by Gasteiger charge is 2.34. The van der Waals surface area contributed by atoms with Gasteiger partial charge >= 0.3 is 17.9 Å². The van der Waals surface area contributed by atoms with Gasteiger partial charge in [-0.05, 0) is 12.3 Å². The van der Waals surface area contributed by atoms with Gasteiger partial charge in [0, 0.05) is 16.9 Å². The van der Waals surface area contributed by atoms with Gasteiger partial charge in [-0.2, -0.15) is 25.3 Å². The van der Waals surface area contributed by atoms with E-state index in [2.05, 4.69) is 25.3 Å². The first-order valence-electron chi connectivity index (χ1n) is 9.32. The van der Waals surface area contributed by atoms with E-state index < -0.39 is 5.41 Å². The van der Waals surface area contributed by atoms with Crippen LogP contribution in [0.2, 0.25) is 0 Å². The third-order valence-corrected chi connectivity index (χ3v) is 4.23. The molecule has 0 bridgehead atoms. The Balaban J connectivity index is 4.97. The van der Waals surface area contributed by atoms with Crippen LogP contribution in [0.1, 0.15) is 60.3 Å². The summed E-state index contributed by atoms with van der Waals surface area (Å²) in [5.74, 6) is -0.926. The summed E-state index contributed by atoms with van der Waals surface area (Å²) in [6.45, 7) is 9.34. The molecule has 0 saturated carbocycles. The number of hydrogen-bond donors (Lipinski definition) is 2. The Morgan fingerprint density at radius 2 is 1.07 bits per heavy atom. The summed E-state index contributed by atoms with van der Waals surface area (Å²) in [6.07, 6.45) is 1.16. The predicted molar refractivity (Wildman–Crippen MR) is 111 cm³/mol. The molecule has 0 aromatic heterocycles. The summed E-state index contributed by atoms with van der Waals surface area (Å²) >= 11 is 8.36. The molecule has 0 aromatic carbocycles. The maximum absolute atomic E-state index is 11.9. The van der Waals surface area contributed by atoms with Gasteiger partial charge in [-0.3, -0.25) is 14.4 Å². The molecule has 0 saturated heterocycles. The first-order valence-corrected chi connectivity index (χ1v) is 10.4. The Morgan fingerprint density at radius 1 is 0.741 bits per heavy atom. The third-order valence-electron chi connectivity index (χ3n) is 3.87. The second kappa shape index (κ2) is 13.3. The second-order valence-electron chi connectivity index (χ2n) is 7.54. The molecule has 0 amide bonds. The molecule has 2 atom stereocenters. The Kier molecular flexibility index (Phi) is 12.9. The van der Waals surface area contributed by atoms with Crippen LogP contribution < -0.4 is 0 Å². The number of thiol groups is 2. The lowest BCUT2D eigenvalue weighted by Gasteiger charge is -2.31. The zero-order chi connectivity index (χ0) is 21.0. The van der Waals surface area contributed by atoms with E-state index in [0.717, 1.165) is 0 Å². The monoisotopic (exact) mass is 422 g/mol. The van der Waals surface area contributed by atoms with Crippen LogP contribution >= 0.6 is 25.3 Å². The van der Waals surface area contributed by atoms with Crippen LogP contribution in [-0.2, 0) is 28.6 Å². The van der Waals surface area contributed by atoms with E-state index in [-0.39, 0.29) is 67.0 Å². The van der Waals surface area contributed by atoms with E-state index in [4.69, 9.17) is 14.2 Å². The summed E-state index contributed by atoms with van der Waals surface area (Å²) in [7, 11) is 0. The maximum Gasteiger partial charge on any atom is 0.306 e. The van der Waals surface area contributed by atoms with E-state index in [1.165, 1.54) is 0 Å². The van der Waals surface area contributed by atoms with E-state index in [0.29, 0.717) is 12.8 Å². The van der Waals surface area contributed by atoms with Gasteiger partial charge < -0.3 is 14.2 Å². The van der Waals surface area contributed by atoms with Crippen LogP contribution in [0.4, 0.5) is 0 Å². The van der Waals surface area contributed by atoms with Crippen LogP contribution in [0.15, 0.2) is 0 Å². The van der Waals surface area contributed by atoms with Crippen LogP contribution in [0, 0.1) is 11.3 Å². The quantitative estimate of drug-likeness (QED) is 0.269. The molecule has 0 rings (SSSR count). The zero-order valence-electron chi connectivity index (χ0n) is 17.0. The van der Waals surface area contributed by atoms with Crippen molar-refractivity contribution in [1.82, 2.24) is 0 Å². The van der Waals surface area contributed by atoms with Gasteiger partial charge in [-0.1, -0.05) is 34.6 Å². The molecule has 8 heteroatoms. The lowest BCUT2D eigenvalue weighted by atomic mass is 9.88. The molecule has 158 valence electrons. The second-order valence-corrected chi connectivity index (χ2v) is 9.30. The molecule has 0 aliphatic rings. The molecular weight excluding hydrogens is 388 g/mol. The molecular formula is C19H34O6S2. The average molecular weight is 423 g/mol. The van der Waals surface area contributed by atoms with Crippen LogP contribution in [0.5, 0.6) is 0 Å². The fourth-order valence-electron chi connectivity index (χ4n) is 2.12. The highest BCUT2D eigenvalue weighted by Crippen LogP contribution is 2.25. The Bertz CT molecular complexity index is 412. The standard InChI is InChI=1S/C19H34O6S2/c1-6-19(10-23-16(20)7-13(2)3,11-24-17(21)8-14(4)26)12-25-18(22)9-15(5)27/h13-15,26-27H,6-12H2,1-5H3. The minimum Gasteiger partial charge on any atom is -0.465 e. The van der Waals surface area contributed by atoms with Gasteiger partial charge in [-0.25, -0.2) is 0 Å². The van der Waals surface area contributed by atoms with Gasteiger partial charge in [0.15, 0.2) is 0 Å². The van der Waals surface area contributed by atoms with Crippen molar-refractivity contribution in [2.45, 2.75) is 70.8 Å². The lowest BCUT2D eigenvalue weighted by Crippen LogP contribution is -2.39. The maximum atomic E-state index is 11.9. The molecule has 0 fully saturated rings. The van der Waals surface area contributed by atoms with Crippen LogP contribution in [0.25, 0.3) is 0 Å². The van der Waals surface area contributed by atoms with Gasteiger partial charge in [0.25, 0.3) is 0 Å². The molecule has 0 N–H and O–H groups in total. The molecule has 0 heterocycles. The molecule has 27 heavy (non-hydrogen) atoms. The number of carbonyl (C=O) groups is 3. The van der Waals surface area contributed by atoms with E-state index in [1.54, 1.807) is 13.8 Å². The fourth-order valence-corrected chi connectivity index (χ4v) is 2.42. The Labute approximate surface area is 173 Å². The molecule has 0 aliphatic carbocycles.